The molecule has 0 atom stereocenters. The van der Waals surface area contributed by atoms with Gasteiger partial charge in [0.2, 0.25) is 0 Å². The normalized spacial score (nSPS) is 10.7. The Morgan fingerprint density at radius 1 is 1.10 bits per heavy atom. The van der Waals surface area contributed by atoms with E-state index < -0.39 is 15.9 Å². The average molecular weight is 323 g/mol. The molecule has 0 saturated heterocycles. The van der Waals surface area contributed by atoms with Crippen LogP contribution in [-0.2, 0) is 24.3 Å². The molecule has 0 radical (unpaired) electrons. The Kier molecular flexibility index (Phi) is 9.86. The average Bonchev–Trinajstić information content (AvgIpc) is 2.32. The van der Waals surface area contributed by atoms with Gasteiger partial charge in [-0.2, -0.15) is 0 Å². The molecule has 20 heavy (non-hydrogen) atoms. The number of rotatable bonds is 6. The van der Waals surface area contributed by atoms with Gasteiger partial charge in [0.15, 0.2) is 0 Å². The van der Waals surface area contributed by atoms with E-state index in [0.717, 1.165) is 5.56 Å². The topological polar surface area (TPSA) is 93.1 Å². The van der Waals surface area contributed by atoms with Gasteiger partial charge in [0.05, 0.1) is 6.16 Å². The van der Waals surface area contributed by atoms with Gasteiger partial charge in [-0.15, -0.1) is 9.05 Å². The van der Waals surface area contributed by atoms with Crippen LogP contribution in [0.3, 0.4) is 0 Å². The molecule has 0 aliphatic rings. The molecule has 114 valence electrons. The molecule has 2 N–H and O–H groups in total. The van der Waals surface area contributed by atoms with Crippen molar-refractivity contribution in [3.63, 3.8) is 0 Å². The standard InChI is InChI=1S/C8H11O3P.C4H10O3P/c1-7-2-4-8(5-3-7)6-12(9,10)11;1-3-6-8(5)7-4-2/h2-5H,6H2,1H3,(H2,9,10,11);3-4H2,1-2H3/q;+1. The van der Waals surface area contributed by atoms with Crippen LogP contribution in [0.25, 0.3) is 0 Å². The molecule has 0 saturated carbocycles. The maximum absolute atomic E-state index is 10.6. The molecule has 8 heteroatoms. The fraction of sp³-hybridized carbons (Fsp3) is 0.500. The molecule has 1 aromatic rings. The lowest BCUT2D eigenvalue weighted by Crippen LogP contribution is -1.86. The highest BCUT2D eigenvalue weighted by Crippen LogP contribution is 2.38. The molecule has 0 amide bonds. The minimum atomic E-state index is -3.90. The summed E-state index contributed by atoms with van der Waals surface area (Å²) in [5.41, 5.74) is 1.76. The Balaban J connectivity index is 0.000000396. The van der Waals surface area contributed by atoms with E-state index in [2.05, 4.69) is 9.05 Å². The summed E-state index contributed by atoms with van der Waals surface area (Å²) < 4.78 is 30.1. The van der Waals surface area contributed by atoms with Gasteiger partial charge in [-0.3, -0.25) is 4.57 Å². The van der Waals surface area contributed by atoms with Crippen LogP contribution >= 0.6 is 15.9 Å². The van der Waals surface area contributed by atoms with Gasteiger partial charge in [-0.1, -0.05) is 29.8 Å². The quantitative estimate of drug-likeness (QED) is 0.780. The SMILES string of the molecule is CCO[P+](=O)OCC.Cc1ccc(CP(=O)(O)O)cc1. The van der Waals surface area contributed by atoms with E-state index >= 15 is 0 Å². The van der Waals surface area contributed by atoms with Crippen molar-refractivity contribution in [2.45, 2.75) is 26.9 Å². The maximum atomic E-state index is 10.6. The lowest BCUT2D eigenvalue weighted by Gasteiger charge is -2.03. The molecule has 0 fully saturated rings. The summed E-state index contributed by atoms with van der Waals surface area (Å²) in [6.45, 7) is 6.35. The lowest BCUT2D eigenvalue weighted by molar-refractivity contribution is 0.243. The summed E-state index contributed by atoms with van der Waals surface area (Å²) >= 11 is 0. The smallest absolute Gasteiger partial charge is 0.324 e. The zero-order valence-electron chi connectivity index (χ0n) is 11.9. The lowest BCUT2D eigenvalue weighted by atomic mass is 10.2. The highest BCUT2D eigenvalue weighted by molar-refractivity contribution is 7.50. The molecule has 0 bridgehead atoms. The fourth-order valence-corrected chi connectivity index (χ4v) is 2.36. The van der Waals surface area contributed by atoms with E-state index in [1.54, 1.807) is 26.0 Å². The van der Waals surface area contributed by atoms with Crippen LogP contribution in [0.4, 0.5) is 0 Å². The Hall–Kier alpha value is -0.610. The maximum Gasteiger partial charge on any atom is 0.697 e. The van der Waals surface area contributed by atoms with Crippen molar-refractivity contribution in [3.8, 4) is 0 Å². The largest absolute Gasteiger partial charge is 0.697 e. The zero-order valence-corrected chi connectivity index (χ0v) is 13.6. The Morgan fingerprint density at radius 2 is 1.55 bits per heavy atom. The second-order valence-electron chi connectivity index (χ2n) is 3.87. The highest BCUT2D eigenvalue weighted by Gasteiger charge is 2.15. The number of aryl methyl sites for hydroxylation is 1. The van der Waals surface area contributed by atoms with Crippen molar-refractivity contribution in [3.05, 3.63) is 35.4 Å². The van der Waals surface area contributed by atoms with E-state index in [1.165, 1.54) is 0 Å². The summed E-state index contributed by atoms with van der Waals surface area (Å²) in [5, 5.41) is 0. The van der Waals surface area contributed by atoms with Crippen molar-refractivity contribution in [2.24, 2.45) is 0 Å². The third kappa shape index (κ3) is 11.2. The summed E-state index contributed by atoms with van der Waals surface area (Å²) in [6.07, 6.45) is -0.173. The van der Waals surface area contributed by atoms with Crippen molar-refractivity contribution in [1.82, 2.24) is 0 Å². The summed E-state index contributed by atoms with van der Waals surface area (Å²) in [5.74, 6) is 0. The molecule has 0 heterocycles. The van der Waals surface area contributed by atoms with Crippen molar-refractivity contribution >= 4 is 15.9 Å². The molecular weight excluding hydrogens is 302 g/mol. The first-order chi connectivity index (χ1) is 9.28. The summed E-state index contributed by atoms with van der Waals surface area (Å²) in [6, 6.07) is 7.14. The summed E-state index contributed by atoms with van der Waals surface area (Å²) in [4.78, 5) is 17.3. The molecule has 1 aromatic carbocycles. The van der Waals surface area contributed by atoms with Crippen LogP contribution in [0, 0.1) is 6.92 Å². The Bertz CT molecular complexity index is 432. The second-order valence-corrected chi connectivity index (χ2v) is 6.48. The zero-order chi connectivity index (χ0) is 15.6. The first-order valence-corrected chi connectivity index (χ1v) is 9.01. The molecule has 0 aromatic heterocycles. The van der Waals surface area contributed by atoms with E-state index in [0.29, 0.717) is 18.8 Å². The van der Waals surface area contributed by atoms with Gasteiger partial charge in [0.1, 0.15) is 13.2 Å². The first kappa shape index (κ1) is 19.4. The molecule has 0 spiro atoms. The number of hydrogen-bond acceptors (Lipinski definition) is 4. The van der Waals surface area contributed by atoms with Crippen LogP contribution in [0.5, 0.6) is 0 Å². The fourth-order valence-electron chi connectivity index (χ4n) is 1.18. The van der Waals surface area contributed by atoms with Crippen LogP contribution < -0.4 is 0 Å². The van der Waals surface area contributed by atoms with Gasteiger partial charge < -0.3 is 9.79 Å². The van der Waals surface area contributed by atoms with Gasteiger partial charge in [-0.25, -0.2) is 0 Å². The first-order valence-electron chi connectivity index (χ1n) is 6.11. The van der Waals surface area contributed by atoms with Crippen molar-refractivity contribution in [2.75, 3.05) is 13.2 Å². The van der Waals surface area contributed by atoms with E-state index in [4.69, 9.17) is 9.79 Å². The van der Waals surface area contributed by atoms with E-state index in [1.807, 2.05) is 19.1 Å². The molecule has 1 rings (SSSR count). The van der Waals surface area contributed by atoms with Gasteiger partial charge in [0, 0.05) is 4.57 Å². The second kappa shape index (κ2) is 10.2. The van der Waals surface area contributed by atoms with E-state index in [-0.39, 0.29) is 6.16 Å². The predicted octanol–water partition coefficient (Wildman–Crippen LogP) is 3.39. The van der Waals surface area contributed by atoms with Gasteiger partial charge in [0.25, 0.3) is 0 Å². The summed E-state index contributed by atoms with van der Waals surface area (Å²) in [7, 11) is -5.73. The van der Waals surface area contributed by atoms with Gasteiger partial charge >= 0.3 is 15.9 Å². The van der Waals surface area contributed by atoms with E-state index in [9.17, 15) is 9.13 Å². The monoisotopic (exact) mass is 323 g/mol. The molecule has 0 aliphatic heterocycles. The molecule has 6 nitrogen and oxygen atoms in total. The van der Waals surface area contributed by atoms with Gasteiger partial charge in [-0.05, 0) is 26.3 Å². The molecular formula is C12H21O6P2+. The predicted molar refractivity (Wildman–Crippen MR) is 77.8 cm³/mol. The molecule has 0 unspecified atom stereocenters. The minimum absolute atomic E-state index is 0.173. The Morgan fingerprint density at radius 3 is 1.90 bits per heavy atom. The van der Waals surface area contributed by atoms with Crippen LogP contribution in [0.1, 0.15) is 25.0 Å². The highest BCUT2D eigenvalue weighted by atomic mass is 31.2. The third-order valence-corrected chi connectivity index (χ3v) is 3.69. The van der Waals surface area contributed by atoms with Crippen molar-refractivity contribution < 1.29 is 28.0 Å². The van der Waals surface area contributed by atoms with Crippen LogP contribution in [0.15, 0.2) is 24.3 Å². The van der Waals surface area contributed by atoms with Crippen LogP contribution in [-0.4, -0.2) is 23.0 Å². The van der Waals surface area contributed by atoms with Crippen molar-refractivity contribution in [1.29, 1.82) is 0 Å². The number of benzene rings is 1. The number of hydrogen-bond donors (Lipinski definition) is 2. The molecule has 0 aliphatic carbocycles. The minimum Gasteiger partial charge on any atom is -0.324 e. The Labute approximate surface area is 120 Å². The van der Waals surface area contributed by atoms with Crippen LogP contribution in [0.2, 0.25) is 0 Å². The third-order valence-electron chi connectivity index (χ3n) is 1.98.